The van der Waals surface area contributed by atoms with Crippen molar-refractivity contribution in [1.29, 1.82) is 0 Å². The van der Waals surface area contributed by atoms with Crippen molar-refractivity contribution < 1.29 is 33.9 Å². The molecule has 6 amide bonds. The van der Waals surface area contributed by atoms with E-state index in [2.05, 4.69) is 53.8 Å². The largest absolute Gasteiger partial charge is 0.480 e. The maximum Gasteiger partial charge on any atom is 0.296 e. The molecule has 2 fully saturated rings. The van der Waals surface area contributed by atoms with Crippen molar-refractivity contribution in [1.82, 2.24) is 51.0 Å². The highest BCUT2D eigenvalue weighted by Gasteiger charge is 2.40. The highest BCUT2D eigenvalue weighted by Crippen LogP contribution is 2.32. The Kier molecular flexibility index (Phi) is 17.9. The predicted octanol–water partition coefficient (Wildman–Crippen LogP) is 1.51. The number of imide groups is 1. The van der Waals surface area contributed by atoms with E-state index < -0.39 is 5.25 Å². The number of carbonyl (C=O) groups is 6. The third-order valence-electron chi connectivity index (χ3n) is 10.9. The van der Waals surface area contributed by atoms with Gasteiger partial charge in [-0.2, -0.15) is 15.0 Å². The summed E-state index contributed by atoms with van der Waals surface area (Å²) >= 11 is 1.20. The monoisotopic (exact) mass is 864 g/mol. The molecule has 1 unspecified atom stereocenters. The minimum atomic E-state index is -0.506. The number of fused-ring (bicyclic) bond motifs is 1. The SMILES string of the molecule is CCCCNc1nc(N)c2nc(O)n(Cc3ccc(C(=O)NCC(=O)NCCCCNCCCNC(=O)C4CCC(CN5C(=O)CC(SCC(=O)NC)C5=O)CC4)cc3)c2n1. The second-order valence-electron chi connectivity index (χ2n) is 15.5. The van der Waals surface area contributed by atoms with E-state index in [1.807, 2.05) is 0 Å². The molecule has 5 rings (SSSR count). The van der Waals surface area contributed by atoms with Crippen LogP contribution in [0.25, 0.3) is 11.2 Å². The van der Waals surface area contributed by atoms with Gasteiger partial charge in [-0.15, -0.1) is 11.8 Å². The summed E-state index contributed by atoms with van der Waals surface area (Å²) in [6.07, 6.45) is 7.49. The van der Waals surface area contributed by atoms with Gasteiger partial charge in [0.15, 0.2) is 17.0 Å². The van der Waals surface area contributed by atoms with Crippen LogP contribution in [-0.2, 0) is 30.5 Å². The number of nitrogens with two attached hydrogens (primary N) is 1. The lowest BCUT2D eigenvalue weighted by atomic mass is 9.81. The van der Waals surface area contributed by atoms with Crippen LogP contribution in [0.2, 0.25) is 0 Å². The second-order valence-corrected chi connectivity index (χ2v) is 16.6. The number of imidazole rings is 1. The van der Waals surface area contributed by atoms with Crippen molar-refractivity contribution in [3.63, 3.8) is 0 Å². The number of nitrogens with zero attached hydrogens (tertiary/aromatic N) is 5. The molecule has 61 heavy (non-hydrogen) atoms. The molecule has 0 spiro atoms. The predicted molar refractivity (Wildman–Crippen MR) is 233 cm³/mol. The highest BCUT2D eigenvalue weighted by atomic mass is 32.2. The normalized spacial score (nSPS) is 17.7. The number of amides is 6. The number of nitrogens with one attached hydrogen (secondary N) is 6. The summed E-state index contributed by atoms with van der Waals surface area (Å²) in [6.45, 7) is 5.80. The van der Waals surface area contributed by atoms with Crippen LogP contribution in [0, 0.1) is 11.8 Å². The molecule has 2 aromatic heterocycles. The fourth-order valence-corrected chi connectivity index (χ4v) is 8.29. The smallest absolute Gasteiger partial charge is 0.296 e. The van der Waals surface area contributed by atoms with E-state index in [9.17, 15) is 33.9 Å². The molecule has 1 aliphatic heterocycles. The first-order valence-electron chi connectivity index (χ1n) is 21.2. The lowest BCUT2D eigenvalue weighted by Gasteiger charge is -2.30. The number of aromatic nitrogens is 4. The first kappa shape index (κ1) is 46.6. The molecule has 2 aliphatic rings. The highest BCUT2D eigenvalue weighted by molar-refractivity contribution is 8.01. The molecule has 1 saturated heterocycles. The topological polar surface area (TPSA) is 268 Å². The number of unbranched alkanes of at least 4 members (excludes halogenated alkanes) is 2. The molecule has 3 aromatic rings. The zero-order chi connectivity index (χ0) is 43.7. The Morgan fingerprint density at radius 3 is 2.33 bits per heavy atom. The van der Waals surface area contributed by atoms with E-state index in [4.69, 9.17) is 5.73 Å². The molecule has 3 heterocycles. The van der Waals surface area contributed by atoms with Gasteiger partial charge in [0.05, 0.1) is 24.1 Å². The molecular weight excluding hydrogens is 805 g/mol. The van der Waals surface area contributed by atoms with Gasteiger partial charge in [-0.3, -0.25) is 38.2 Å². The molecule has 1 saturated carbocycles. The molecule has 20 heteroatoms. The van der Waals surface area contributed by atoms with Gasteiger partial charge in [0.25, 0.3) is 11.9 Å². The maximum absolute atomic E-state index is 12.8. The molecule has 1 atom stereocenters. The number of carbonyl (C=O) groups excluding carboxylic acids is 6. The molecular formula is C41H60N12O7S. The van der Waals surface area contributed by atoms with Crippen molar-refractivity contribution in [2.24, 2.45) is 11.8 Å². The number of anilines is 2. The number of likely N-dealkylation sites (tertiary alicyclic amines) is 1. The summed E-state index contributed by atoms with van der Waals surface area (Å²) in [5, 5.41) is 27.5. The van der Waals surface area contributed by atoms with Crippen LogP contribution in [0.15, 0.2) is 24.3 Å². The Balaban J connectivity index is 0.875. The van der Waals surface area contributed by atoms with Gasteiger partial charge in [0.1, 0.15) is 0 Å². The molecule has 9 N–H and O–H groups in total. The van der Waals surface area contributed by atoms with E-state index >= 15 is 0 Å². The molecule has 1 aliphatic carbocycles. The van der Waals surface area contributed by atoms with Gasteiger partial charge < -0.3 is 42.7 Å². The Morgan fingerprint density at radius 2 is 1.59 bits per heavy atom. The van der Waals surface area contributed by atoms with Gasteiger partial charge in [0.2, 0.25) is 35.5 Å². The minimum Gasteiger partial charge on any atom is -0.480 e. The van der Waals surface area contributed by atoms with Gasteiger partial charge in [-0.05, 0) is 88.1 Å². The number of thioether (sulfide) groups is 1. The molecule has 332 valence electrons. The minimum absolute atomic E-state index is 0.0482. The van der Waals surface area contributed by atoms with E-state index in [0.717, 1.165) is 76.4 Å². The van der Waals surface area contributed by atoms with E-state index in [1.54, 1.807) is 24.3 Å². The fraction of sp³-hybridized carbons (Fsp3) is 0.585. The quantitative estimate of drug-likeness (QED) is 0.0469. The third kappa shape index (κ3) is 13.8. The van der Waals surface area contributed by atoms with Crippen LogP contribution < -0.4 is 37.6 Å². The van der Waals surface area contributed by atoms with Gasteiger partial charge in [-0.25, -0.2) is 0 Å². The van der Waals surface area contributed by atoms with Crippen LogP contribution >= 0.6 is 11.8 Å². The number of hydrogen-bond donors (Lipinski definition) is 8. The Morgan fingerprint density at radius 1 is 0.869 bits per heavy atom. The number of nitrogen functional groups attached to an aromatic ring is 1. The standard InChI is InChI=1S/C41H60N12O7S/c1-3-4-18-47-40-50-35(42)34-36(51-40)53(41(60)49-34)24-27-10-14-29(15-11-27)38(58)48-22-31(54)45-19-6-5-16-44-17-7-20-46-37(57)28-12-8-26(9-13-28)23-52-33(56)21-30(39(52)59)61-25-32(55)43-2/h10-11,14-15,26,28,30,44H,3-9,12-13,16-25H2,1-2H3,(H,43,55)(H,45,54)(H,46,57)(H,48,58)(H,49,60)(H3,42,47,50,51). The molecule has 19 nitrogen and oxygen atoms in total. The van der Waals surface area contributed by atoms with E-state index in [0.29, 0.717) is 48.9 Å². The maximum atomic E-state index is 12.8. The van der Waals surface area contributed by atoms with Crippen LogP contribution in [0.1, 0.15) is 87.1 Å². The van der Waals surface area contributed by atoms with Crippen molar-refractivity contribution >= 4 is 70.1 Å². The van der Waals surface area contributed by atoms with Gasteiger partial charge in [0, 0.05) is 51.1 Å². The second kappa shape index (κ2) is 23.5. The third-order valence-corrected chi connectivity index (χ3v) is 12.1. The van der Waals surface area contributed by atoms with Crippen LogP contribution in [-0.4, -0.2) is 129 Å². The van der Waals surface area contributed by atoms with Crippen LogP contribution in [0.4, 0.5) is 11.8 Å². The summed E-state index contributed by atoms with van der Waals surface area (Å²) in [7, 11) is 1.54. The summed E-state index contributed by atoms with van der Waals surface area (Å²) in [5.41, 5.74) is 7.94. The average molecular weight is 865 g/mol. The first-order chi connectivity index (χ1) is 29.5. The molecule has 1 aromatic carbocycles. The van der Waals surface area contributed by atoms with Gasteiger partial charge in [-0.1, -0.05) is 25.5 Å². The summed E-state index contributed by atoms with van der Waals surface area (Å²) in [5.74, 6) is -0.418. The Hall–Kier alpha value is -5.50. The zero-order valence-corrected chi connectivity index (χ0v) is 35.9. The summed E-state index contributed by atoms with van der Waals surface area (Å²) < 4.78 is 1.52. The number of rotatable bonds is 24. The van der Waals surface area contributed by atoms with Crippen molar-refractivity contribution in [2.75, 3.05) is 69.7 Å². The average Bonchev–Trinajstić information content (AvgIpc) is 3.72. The molecule has 0 radical (unpaired) electrons. The lowest BCUT2D eigenvalue weighted by molar-refractivity contribution is -0.139. The van der Waals surface area contributed by atoms with Crippen LogP contribution in [0.3, 0.4) is 0 Å². The lowest BCUT2D eigenvalue weighted by Crippen LogP contribution is -2.39. The van der Waals surface area contributed by atoms with E-state index in [1.165, 1.54) is 28.3 Å². The van der Waals surface area contributed by atoms with Crippen molar-refractivity contribution in [3.8, 4) is 6.01 Å². The van der Waals surface area contributed by atoms with E-state index in [-0.39, 0.29) is 84.4 Å². The number of hydrogen-bond acceptors (Lipinski definition) is 14. The Labute approximate surface area is 359 Å². The fourth-order valence-electron chi connectivity index (χ4n) is 7.27. The van der Waals surface area contributed by atoms with Gasteiger partial charge >= 0.3 is 0 Å². The summed E-state index contributed by atoms with van der Waals surface area (Å²) in [4.78, 5) is 88.8. The molecule has 0 bridgehead atoms. The van der Waals surface area contributed by atoms with Crippen LogP contribution in [0.5, 0.6) is 6.01 Å². The zero-order valence-electron chi connectivity index (χ0n) is 35.1. The Bertz CT molecular complexity index is 1990. The number of aromatic hydroxyl groups is 1. The first-order valence-corrected chi connectivity index (χ1v) is 22.3. The number of benzene rings is 1. The van der Waals surface area contributed by atoms with Crippen molar-refractivity contribution in [2.45, 2.75) is 82.9 Å². The summed E-state index contributed by atoms with van der Waals surface area (Å²) in [6, 6.07) is 6.55. The van der Waals surface area contributed by atoms with Crippen molar-refractivity contribution in [3.05, 3.63) is 35.4 Å².